The minimum absolute atomic E-state index is 0.0684. The monoisotopic (exact) mass is 487 g/mol. The number of sulfonamides is 1. The summed E-state index contributed by atoms with van der Waals surface area (Å²) < 4.78 is 27.7. The standard InChI is InChI=1S/C27H29N5O2S/c1-20-12-14-23(15-13-20)35(33,34)32-18-16-31(17-19-32)27-29-25-11-7-6-10-24(25)26(30-27)28-21(2)22-8-4-3-5-9-22/h3-15,21H,16-19H2,1-2H3,(H,28,29,30)/t21-/m0/s1. The van der Waals surface area contributed by atoms with Crippen molar-refractivity contribution >= 4 is 32.7 Å². The van der Waals surface area contributed by atoms with E-state index in [0.717, 1.165) is 22.3 Å². The van der Waals surface area contributed by atoms with Gasteiger partial charge < -0.3 is 10.2 Å². The van der Waals surface area contributed by atoms with Crippen LogP contribution < -0.4 is 10.2 Å². The molecule has 1 aliphatic heterocycles. The summed E-state index contributed by atoms with van der Waals surface area (Å²) in [6.07, 6.45) is 0. The van der Waals surface area contributed by atoms with E-state index in [1.54, 1.807) is 16.4 Å². The summed E-state index contributed by atoms with van der Waals surface area (Å²) in [5.74, 6) is 1.38. The summed E-state index contributed by atoms with van der Waals surface area (Å²) >= 11 is 0. The van der Waals surface area contributed by atoms with Gasteiger partial charge in [0.25, 0.3) is 0 Å². The first-order chi connectivity index (χ1) is 16.9. The second-order valence-corrected chi connectivity index (χ2v) is 10.8. The van der Waals surface area contributed by atoms with Gasteiger partial charge in [0.05, 0.1) is 10.4 Å². The van der Waals surface area contributed by atoms with Crippen molar-refractivity contribution in [2.24, 2.45) is 0 Å². The van der Waals surface area contributed by atoms with E-state index < -0.39 is 10.0 Å². The first-order valence-electron chi connectivity index (χ1n) is 11.8. The molecule has 1 aliphatic rings. The number of para-hydroxylation sites is 1. The third-order valence-electron chi connectivity index (χ3n) is 6.42. The van der Waals surface area contributed by atoms with Crippen LogP contribution in [0.3, 0.4) is 0 Å². The lowest BCUT2D eigenvalue weighted by atomic mass is 10.1. The van der Waals surface area contributed by atoms with E-state index in [9.17, 15) is 8.42 Å². The maximum Gasteiger partial charge on any atom is 0.243 e. The Kier molecular flexibility index (Phi) is 6.40. The van der Waals surface area contributed by atoms with E-state index in [2.05, 4.69) is 29.3 Å². The van der Waals surface area contributed by atoms with Crippen molar-refractivity contribution < 1.29 is 8.42 Å². The van der Waals surface area contributed by atoms with Gasteiger partial charge in [0.1, 0.15) is 5.82 Å². The van der Waals surface area contributed by atoms with Crippen molar-refractivity contribution in [1.29, 1.82) is 0 Å². The van der Waals surface area contributed by atoms with Crippen LogP contribution in [-0.4, -0.2) is 48.9 Å². The summed E-state index contributed by atoms with van der Waals surface area (Å²) in [5, 5.41) is 4.51. The van der Waals surface area contributed by atoms with Gasteiger partial charge >= 0.3 is 0 Å². The summed E-state index contributed by atoms with van der Waals surface area (Å²) in [6, 6.07) is 25.3. The molecule has 3 aromatic carbocycles. The molecule has 0 spiro atoms. The fourth-order valence-electron chi connectivity index (χ4n) is 4.33. The minimum Gasteiger partial charge on any atom is -0.363 e. The van der Waals surface area contributed by atoms with E-state index in [4.69, 9.17) is 9.97 Å². The van der Waals surface area contributed by atoms with E-state index in [1.165, 1.54) is 5.56 Å². The number of hydrogen-bond acceptors (Lipinski definition) is 6. The highest BCUT2D eigenvalue weighted by Crippen LogP contribution is 2.28. The quantitative estimate of drug-likeness (QED) is 0.428. The van der Waals surface area contributed by atoms with Crippen LogP contribution in [0.1, 0.15) is 24.1 Å². The van der Waals surface area contributed by atoms with E-state index >= 15 is 0 Å². The third kappa shape index (κ3) is 4.85. The molecule has 1 saturated heterocycles. The number of fused-ring (bicyclic) bond motifs is 1. The van der Waals surface area contributed by atoms with Crippen molar-refractivity contribution in [1.82, 2.24) is 14.3 Å². The smallest absolute Gasteiger partial charge is 0.243 e. The first-order valence-corrected chi connectivity index (χ1v) is 13.3. The molecule has 0 amide bonds. The van der Waals surface area contributed by atoms with Crippen LogP contribution in [0.4, 0.5) is 11.8 Å². The van der Waals surface area contributed by atoms with Crippen LogP contribution >= 0.6 is 0 Å². The molecule has 0 unspecified atom stereocenters. The van der Waals surface area contributed by atoms with Gasteiger partial charge in [0.2, 0.25) is 16.0 Å². The molecule has 8 heteroatoms. The van der Waals surface area contributed by atoms with Crippen LogP contribution in [0.25, 0.3) is 10.9 Å². The van der Waals surface area contributed by atoms with Crippen LogP contribution in [0, 0.1) is 6.92 Å². The maximum absolute atomic E-state index is 13.1. The van der Waals surface area contributed by atoms with Gasteiger partial charge in [-0.25, -0.2) is 13.4 Å². The van der Waals surface area contributed by atoms with Gasteiger partial charge in [-0.15, -0.1) is 0 Å². The molecule has 7 nitrogen and oxygen atoms in total. The molecule has 35 heavy (non-hydrogen) atoms. The lowest BCUT2D eigenvalue weighted by Gasteiger charge is -2.34. The molecule has 0 bridgehead atoms. The summed E-state index contributed by atoms with van der Waals surface area (Å²) in [4.78, 5) is 12.1. The Bertz CT molecular complexity index is 1420. The van der Waals surface area contributed by atoms with Gasteiger partial charge in [-0.1, -0.05) is 60.2 Å². The number of aryl methyl sites for hydroxylation is 1. The number of anilines is 2. The zero-order valence-corrected chi connectivity index (χ0v) is 20.7. The fraction of sp³-hybridized carbons (Fsp3) is 0.259. The fourth-order valence-corrected chi connectivity index (χ4v) is 5.76. The first kappa shape index (κ1) is 23.3. The van der Waals surface area contributed by atoms with Crippen LogP contribution in [-0.2, 0) is 10.0 Å². The zero-order valence-electron chi connectivity index (χ0n) is 19.9. The molecular weight excluding hydrogens is 458 g/mol. The highest BCUT2D eigenvalue weighted by molar-refractivity contribution is 7.89. The number of benzene rings is 3. The SMILES string of the molecule is Cc1ccc(S(=O)(=O)N2CCN(c3nc(N[C@@H](C)c4ccccc4)c4ccccc4n3)CC2)cc1. The van der Waals surface area contributed by atoms with Crippen molar-refractivity contribution in [2.75, 3.05) is 36.4 Å². The summed E-state index contributed by atoms with van der Waals surface area (Å²) in [5.41, 5.74) is 3.06. The summed E-state index contributed by atoms with van der Waals surface area (Å²) in [6.45, 7) is 5.88. The highest BCUT2D eigenvalue weighted by Gasteiger charge is 2.29. The highest BCUT2D eigenvalue weighted by atomic mass is 32.2. The Morgan fingerprint density at radius 1 is 0.829 bits per heavy atom. The van der Waals surface area contributed by atoms with Crippen molar-refractivity contribution in [3.05, 3.63) is 90.0 Å². The number of aromatic nitrogens is 2. The largest absolute Gasteiger partial charge is 0.363 e. The molecular formula is C27H29N5O2S. The van der Waals surface area contributed by atoms with E-state index in [0.29, 0.717) is 37.0 Å². The molecule has 1 aromatic heterocycles. The molecule has 1 fully saturated rings. The Morgan fingerprint density at radius 2 is 1.49 bits per heavy atom. The maximum atomic E-state index is 13.1. The van der Waals surface area contributed by atoms with Gasteiger partial charge in [0.15, 0.2) is 0 Å². The molecule has 0 aliphatic carbocycles. The number of piperazine rings is 1. The Hall–Kier alpha value is -3.49. The summed E-state index contributed by atoms with van der Waals surface area (Å²) in [7, 11) is -3.52. The average Bonchev–Trinajstić information content (AvgIpc) is 2.89. The molecule has 1 N–H and O–H groups in total. The third-order valence-corrected chi connectivity index (χ3v) is 8.34. The van der Waals surface area contributed by atoms with E-state index in [1.807, 2.05) is 61.5 Å². The number of hydrogen-bond donors (Lipinski definition) is 1. The molecule has 1 atom stereocenters. The Morgan fingerprint density at radius 3 is 2.20 bits per heavy atom. The molecule has 0 saturated carbocycles. The number of rotatable bonds is 6. The molecule has 180 valence electrons. The minimum atomic E-state index is -3.52. The second-order valence-electron chi connectivity index (χ2n) is 8.87. The molecule has 2 heterocycles. The lowest BCUT2D eigenvalue weighted by Crippen LogP contribution is -2.49. The van der Waals surface area contributed by atoms with Gasteiger partial charge in [-0.3, -0.25) is 0 Å². The zero-order chi connectivity index (χ0) is 24.4. The van der Waals surface area contributed by atoms with Gasteiger partial charge in [-0.05, 0) is 43.7 Å². The second kappa shape index (κ2) is 9.64. The predicted octanol–water partition coefficient (Wildman–Crippen LogP) is 4.62. The Labute approximate surface area is 206 Å². The average molecular weight is 488 g/mol. The Balaban J connectivity index is 1.37. The lowest BCUT2D eigenvalue weighted by molar-refractivity contribution is 0.382. The topological polar surface area (TPSA) is 78.4 Å². The van der Waals surface area contributed by atoms with Crippen LogP contribution in [0.15, 0.2) is 83.8 Å². The number of nitrogens with one attached hydrogen (secondary N) is 1. The van der Waals surface area contributed by atoms with Gasteiger partial charge in [-0.2, -0.15) is 9.29 Å². The molecule has 5 rings (SSSR count). The van der Waals surface area contributed by atoms with Crippen molar-refractivity contribution in [3.8, 4) is 0 Å². The predicted molar refractivity (Wildman–Crippen MR) is 140 cm³/mol. The van der Waals surface area contributed by atoms with Crippen molar-refractivity contribution in [3.63, 3.8) is 0 Å². The van der Waals surface area contributed by atoms with Crippen molar-refractivity contribution in [2.45, 2.75) is 24.8 Å². The van der Waals surface area contributed by atoms with E-state index in [-0.39, 0.29) is 6.04 Å². The number of nitrogens with zero attached hydrogens (tertiary/aromatic N) is 4. The van der Waals surface area contributed by atoms with Crippen LogP contribution in [0.5, 0.6) is 0 Å². The molecule has 0 radical (unpaired) electrons. The normalized spacial score (nSPS) is 15.8. The molecule has 4 aromatic rings. The van der Waals surface area contributed by atoms with Crippen LogP contribution in [0.2, 0.25) is 0 Å². The van der Waals surface area contributed by atoms with Gasteiger partial charge in [0, 0.05) is 37.6 Å².